The maximum atomic E-state index is 12.4. The van der Waals surface area contributed by atoms with Gasteiger partial charge in [-0.3, -0.25) is 9.78 Å². The lowest BCUT2D eigenvalue weighted by Crippen LogP contribution is -2.46. The molecule has 5 nitrogen and oxygen atoms in total. The summed E-state index contributed by atoms with van der Waals surface area (Å²) in [5, 5.41) is 18.5. The minimum Gasteiger partial charge on any atom is -0.423 e. The number of carbonyl (C=O) groups is 1. The molecule has 2 N–H and O–H groups in total. The second-order valence-electron chi connectivity index (χ2n) is 4.74. The predicted molar refractivity (Wildman–Crippen MR) is 70.5 cm³/mol. The zero-order valence-corrected chi connectivity index (χ0v) is 11.2. The molecule has 0 unspecified atom stereocenters. The molecule has 0 atom stereocenters. The van der Waals surface area contributed by atoms with Gasteiger partial charge in [0, 0.05) is 35.5 Å². The number of nitrogens with zero attached hydrogens (tertiary/aromatic N) is 2. The predicted octanol–water partition coefficient (Wildman–Crippen LogP) is 0.0204. The second-order valence-corrected chi connectivity index (χ2v) is 4.74. The summed E-state index contributed by atoms with van der Waals surface area (Å²) in [7, 11) is -1.70. The summed E-state index contributed by atoms with van der Waals surface area (Å²) < 4.78 is 0. The maximum absolute atomic E-state index is 12.4. The van der Waals surface area contributed by atoms with Gasteiger partial charge in [0.1, 0.15) is 0 Å². The summed E-state index contributed by atoms with van der Waals surface area (Å²) in [6.45, 7) is 7.70. The van der Waals surface area contributed by atoms with Crippen LogP contribution in [0.1, 0.15) is 38.1 Å². The van der Waals surface area contributed by atoms with Crippen molar-refractivity contribution in [2.24, 2.45) is 0 Å². The first kappa shape index (κ1) is 14.7. The molecule has 1 aromatic heterocycles. The van der Waals surface area contributed by atoms with E-state index >= 15 is 0 Å². The lowest BCUT2D eigenvalue weighted by atomic mass is 9.78. The second kappa shape index (κ2) is 5.97. The standard InChI is InChI=1S/C12H19BN2O3/c1-8(2)15(9(3)4)12(16)10-5-6-14-7-11(10)13(17)18/h5-9,17-18H,1-4H3. The highest BCUT2D eigenvalue weighted by molar-refractivity contribution is 6.60. The van der Waals surface area contributed by atoms with Crippen molar-refractivity contribution in [2.45, 2.75) is 39.8 Å². The van der Waals surface area contributed by atoms with Crippen molar-refractivity contribution in [3.05, 3.63) is 24.0 Å². The van der Waals surface area contributed by atoms with Crippen LogP contribution < -0.4 is 5.46 Å². The number of carbonyl (C=O) groups excluding carboxylic acids is 1. The Bertz CT molecular complexity index is 414. The van der Waals surface area contributed by atoms with Crippen LogP contribution in [-0.4, -0.2) is 45.0 Å². The van der Waals surface area contributed by atoms with Crippen molar-refractivity contribution in [3.8, 4) is 0 Å². The van der Waals surface area contributed by atoms with Crippen molar-refractivity contribution in [2.75, 3.05) is 0 Å². The van der Waals surface area contributed by atoms with Crippen LogP contribution in [0.25, 0.3) is 0 Å². The Morgan fingerprint density at radius 1 is 1.28 bits per heavy atom. The molecule has 0 saturated carbocycles. The van der Waals surface area contributed by atoms with E-state index in [-0.39, 0.29) is 29.0 Å². The van der Waals surface area contributed by atoms with E-state index in [1.54, 1.807) is 4.90 Å². The molecule has 0 aromatic carbocycles. The fraction of sp³-hybridized carbons (Fsp3) is 0.500. The van der Waals surface area contributed by atoms with Crippen LogP contribution in [0.4, 0.5) is 0 Å². The normalized spacial score (nSPS) is 10.9. The summed E-state index contributed by atoms with van der Waals surface area (Å²) in [6, 6.07) is 1.58. The summed E-state index contributed by atoms with van der Waals surface area (Å²) in [4.78, 5) is 17.9. The van der Waals surface area contributed by atoms with E-state index < -0.39 is 7.12 Å². The number of amides is 1. The molecule has 1 amide bonds. The number of hydrogen-bond donors (Lipinski definition) is 2. The Labute approximate surface area is 108 Å². The van der Waals surface area contributed by atoms with Gasteiger partial charge in [0.05, 0.1) is 0 Å². The molecule has 98 valence electrons. The Hall–Kier alpha value is -1.40. The molecule has 0 fully saturated rings. The zero-order valence-electron chi connectivity index (χ0n) is 11.2. The molecule has 18 heavy (non-hydrogen) atoms. The van der Waals surface area contributed by atoms with Gasteiger partial charge in [-0.1, -0.05) is 0 Å². The number of rotatable bonds is 4. The minimum atomic E-state index is -1.70. The van der Waals surface area contributed by atoms with Gasteiger partial charge < -0.3 is 14.9 Å². The molecule has 1 heterocycles. The average Bonchev–Trinajstić information content (AvgIpc) is 2.27. The molecular formula is C12H19BN2O3. The highest BCUT2D eigenvalue weighted by Gasteiger charge is 2.27. The first-order chi connectivity index (χ1) is 8.36. The van der Waals surface area contributed by atoms with Gasteiger partial charge in [-0.05, 0) is 33.8 Å². The van der Waals surface area contributed by atoms with Crippen LogP contribution in [0, 0.1) is 0 Å². The number of hydrogen-bond acceptors (Lipinski definition) is 4. The third kappa shape index (κ3) is 3.08. The molecule has 0 aliphatic rings. The lowest BCUT2D eigenvalue weighted by molar-refractivity contribution is 0.0644. The first-order valence-corrected chi connectivity index (χ1v) is 5.99. The van der Waals surface area contributed by atoms with Crippen molar-refractivity contribution >= 4 is 18.5 Å². The highest BCUT2D eigenvalue weighted by Crippen LogP contribution is 2.10. The van der Waals surface area contributed by atoms with E-state index in [9.17, 15) is 14.8 Å². The molecule has 0 aliphatic carbocycles. The highest BCUT2D eigenvalue weighted by atomic mass is 16.4. The van der Waals surface area contributed by atoms with Crippen molar-refractivity contribution < 1.29 is 14.8 Å². The van der Waals surface area contributed by atoms with Crippen molar-refractivity contribution in [1.82, 2.24) is 9.88 Å². The van der Waals surface area contributed by atoms with Crippen LogP contribution in [0.3, 0.4) is 0 Å². The van der Waals surface area contributed by atoms with E-state index in [1.165, 1.54) is 18.5 Å². The maximum Gasteiger partial charge on any atom is 0.490 e. The lowest BCUT2D eigenvalue weighted by Gasteiger charge is -2.31. The molecule has 0 aliphatic heterocycles. The SMILES string of the molecule is CC(C)N(C(=O)c1ccncc1B(O)O)C(C)C. The van der Waals surface area contributed by atoms with E-state index in [1.807, 2.05) is 27.7 Å². The van der Waals surface area contributed by atoms with Gasteiger partial charge >= 0.3 is 7.12 Å². The number of aromatic nitrogens is 1. The Kier molecular flexibility index (Phi) is 4.87. The average molecular weight is 250 g/mol. The molecular weight excluding hydrogens is 231 g/mol. The smallest absolute Gasteiger partial charge is 0.423 e. The van der Waals surface area contributed by atoms with Gasteiger partial charge in [0.2, 0.25) is 0 Å². The Balaban J connectivity index is 3.17. The number of pyridine rings is 1. The fourth-order valence-corrected chi connectivity index (χ4v) is 2.01. The van der Waals surface area contributed by atoms with Crippen molar-refractivity contribution in [3.63, 3.8) is 0 Å². The summed E-state index contributed by atoms with van der Waals surface area (Å²) in [5.41, 5.74) is 0.413. The summed E-state index contributed by atoms with van der Waals surface area (Å²) in [6.07, 6.45) is 2.77. The van der Waals surface area contributed by atoms with Gasteiger partial charge in [-0.25, -0.2) is 0 Å². The topological polar surface area (TPSA) is 73.7 Å². The monoisotopic (exact) mass is 250 g/mol. The largest absolute Gasteiger partial charge is 0.490 e. The molecule has 1 rings (SSSR count). The molecule has 0 spiro atoms. The molecule has 0 radical (unpaired) electrons. The van der Waals surface area contributed by atoms with E-state index in [2.05, 4.69) is 4.98 Å². The third-order valence-electron chi connectivity index (χ3n) is 2.71. The van der Waals surface area contributed by atoms with Crippen LogP contribution in [0.2, 0.25) is 0 Å². The third-order valence-corrected chi connectivity index (χ3v) is 2.71. The van der Waals surface area contributed by atoms with Gasteiger partial charge in [-0.15, -0.1) is 0 Å². The molecule has 1 aromatic rings. The van der Waals surface area contributed by atoms with E-state index in [0.717, 1.165) is 0 Å². The quantitative estimate of drug-likeness (QED) is 0.739. The Morgan fingerprint density at radius 3 is 2.28 bits per heavy atom. The van der Waals surface area contributed by atoms with Crippen molar-refractivity contribution in [1.29, 1.82) is 0 Å². The van der Waals surface area contributed by atoms with Crippen LogP contribution >= 0.6 is 0 Å². The van der Waals surface area contributed by atoms with Crippen LogP contribution in [0.5, 0.6) is 0 Å². The summed E-state index contributed by atoms with van der Waals surface area (Å²) >= 11 is 0. The molecule has 0 bridgehead atoms. The minimum absolute atomic E-state index is 0.0364. The van der Waals surface area contributed by atoms with Crippen LogP contribution in [-0.2, 0) is 0 Å². The first-order valence-electron chi connectivity index (χ1n) is 5.99. The zero-order chi connectivity index (χ0) is 13.9. The Morgan fingerprint density at radius 2 is 1.83 bits per heavy atom. The van der Waals surface area contributed by atoms with E-state index in [0.29, 0.717) is 0 Å². The summed E-state index contributed by atoms with van der Waals surface area (Å²) in [5.74, 6) is -0.217. The van der Waals surface area contributed by atoms with Gasteiger partial charge in [0.25, 0.3) is 5.91 Å². The van der Waals surface area contributed by atoms with Crippen LogP contribution in [0.15, 0.2) is 18.5 Å². The fourth-order valence-electron chi connectivity index (χ4n) is 2.01. The van der Waals surface area contributed by atoms with Gasteiger partial charge in [-0.2, -0.15) is 0 Å². The molecule has 6 heteroatoms. The van der Waals surface area contributed by atoms with Gasteiger partial charge in [0.15, 0.2) is 0 Å². The van der Waals surface area contributed by atoms with E-state index in [4.69, 9.17) is 0 Å². The molecule has 0 saturated heterocycles.